The van der Waals surface area contributed by atoms with Crippen molar-refractivity contribution in [3.63, 3.8) is 0 Å². The first-order valence-corrected chi connectivity index (χ1v) is 11.5. The van der Waals surface area contributed by atoms with E-state index in [9.17, 15) is 0 Å². The van der Waals surface area contributed by atoms with Crippen molar-refractivity contribution in [3.05, 3.63) is 77.5 Å². The van der Waals surface area contributed by atoms with Crippen molar-refractivity contribution in [3.8, 4) is 11.3 Å². The number of fused-ring (bicyclic) bond motifs is 7. The summed E-state index contributed by atoms with van der Waals surface area (Å²) < 4.78 is 57.5. The van der Waals surface area contributed by atoms with E-state index in [1.807, 2.05) is 88.0 Å². The van der Waals surface area contributed by atoms with Crippen LogP contribution in [-0.2, 0) is 13.4 Å². The molecule has 0 fully saturated rings. The van der Waals surface area contributed by atoms with Crippen molar-refractivity contribution < 1.29 is 20.3 Å². The van der Waals surface area contributed by atoms with Gasteiger partial charge in [-0.05, 0) is 60.5 Å². The average Bonchev–Trinajstić information content (AvgIpc) is 3.41. The van der Waals surface area contributed by atoms with E-state index in [0.29, 0.717) is 33.1 Å². The highest BCUT2D eigenvalue weighted by atomic mass is 16.4. The smallest absolute Gasteiger partial charge is 0.216 e. The molecule has 0 aliphatic carbocycles. The fourth-order valence-electron chi connectivity index (χ4n) is 4.97. The molecule has 3 aromatic heterocycles. The highest BCUT2D eigenvalue weighted by molar-refractivity contribution is 6.20. The summed E-state index contributed by atoms with van der Waals surface area (Å²) in [5.41, 5.74) is 4.59. The maximum Gasteiger partial charge on any atom is 0.216 e. The Bertz CT molecular complexity index is 1940. The van der Waals surface area contributed by atoms with Gasteiger partial charge in [0.05, 0.1) is 5.56 Å². The fraction of sp³-hybridized carbons (Fsp3) is 0.258. The molecule has 3 heteroatoms. The molecule has 6 rings (SSSR count). The minimum absolute atomic E-state index is 0.219. The lowest BCUT2D eigenvalue weighted by molar-refractivity contribution is -0.660. The van der Waals surface area contributed by atoms with Crippen LogP contribution in [0.3, 0.4) is 0 Å². The van der Waals surface area contributed by atoms with Crippen LogP contribution in [0.25, 0.3) is 55.1 Å². The first kappa shape index (κ1) is 16.1. The number of nitrogens with zero attached hydrogens (tertiary/aromatic N) is 1. The molecule has 0 unspecified atom stereocenters. The standard InChI is InChI=1S/C31H30NO2/c1-18-15-19(2)27(24-16-20(13-14-32(24)6)17-31(3,4)5)30-26(18)23-12-11-22-21-9-7-8-10-25(21)33-28(22)29(23)34-30/h7-16H,17H2,1-6H3/q+1/i1D3,17D2. The zero-order valence-electron chi connectivity index (χ0n) is 25.0. The van der Waals surface area contributed by atoms with Crippen molar-refractivity contribution in [1.29, 1.82) is 0 Å². The summed E-state index contributed by atoms with van der Waals surface area (Å²) in [4.78, 5) is 0. The van der Waals surface area contributed by atoms with Crippen LogP contribution in [0.1, 0.15) is 44.3 Å². The van der Waals surface area contributed by atoms with Crippen LogP contribution in [0.15, 0.2) is 69.6 Å². The monoisotopic (exact) mass is 453 g/mol. The highest BCUT2D eigenvalue weighted by Crippen LogP contribution is 2.43. The molecule has 0 saturated heterocycles. The molecule has 34 heavy (non-hydrogen) atoms. The Labute approximate surface area is 206 Å². The summed E-state index contributed by atoms with van der Waals surface area (Å²) in [5, 5.41) is 3.06. The maximum absolute atomic E-state index is 8.86. The summed E-state index contributed by atoms with van der Waals surface area (Å²) in [6, 6.07) is 17.0. The van der Waals surface area contributed by atoms with Crippen molar-refractivity contribution in [2.75, 3.05) is 0 Å². The van der Waals surface area contributed by atoms with E-state index in [1.54, 1.807) is 12.1 Å². The van der Waals surface area contributed by atoms with Crippen LogP contribution in [0.2, 0.25) is 0 Å². The van der Waals surface area contributed by atoms with E-state index in [-0.39, 0.29) is 5.56 Å². The second-order valence-corrected chi connectivity index (χ2v) is 10.1. The Kier molecular flexibility index (Phi) is 3.41. The van der Waals surface area contributed by atoms with Gasteiger partial charge in [0.1, 0.15) is 18.2 Å². The average molecular weight is 454 g/mol. The number of rotatable bonds is 2. The van der Waals surface area contributed by atoms with Crippen LogP contribution in [0.5, 0.6) is 0 Å². The van der Waals surface area contributed by atoms with E-state index < -0.39 is 18.6 Å². The van der Waals surface area contributed by atoms with Crippen molar-refractivity contribution in [1.82, 2.24) is 0 Å². The summed E-state index contributed by atoms with van der Waals surface area (Å²) in [6.07, 6.45) is 0.243. The molecule has 6 aromatic rings. The molecule has 0 atom stereocenters. The lowest BCUT2D eigenvalue weighted by atomic mass is 9.87. The van der Waals surface area contributed by atoms with Crippen LogP contribution in [0, 0.1) is 19.2 Å². The number of aromatic nitrogens is 1. The van der Waals surface area contributed by atoms with Gasteiger partial charge in [0, 0.05) is 40.5 Å². The van der Waals surface area contributed by atoms with E-state index in [4.69, 9.17) is 15.7 Å². The van der Waals surface area contributed by atoms with Crippen molar-refractivity contribution in [2.24, 2.45) is 12.5 Å². The first-order chi connectivity index (χ1) is 18.2. The minimum Gasteiger partial charge on any atom is -0.452 e. The Hall–Kier alpha value is -3.59. The maximum atomic E-state index is 8.86. The van der Waals surface area contributed by atoms with Gasteiger partial charge in [-0.25, -0.2) is 4.57 Å². The third-order valence-corrected chi connectivity index (χ3v) is 6.38. The predicted octanol–water partition coefficient (Wildman–Crippen LogP) is 8.18. The van der Waals surface area contributed by atoms with Crippen LogP contribution < -0.4 is 4.57 Å². The third kappa shape index (κ3) is 3.14. The zero-order valence-corrected chi connectivity index (χ0v) is 20.0. The Morgan fingerprint density at radius 3 is 2.44 bits per heavy atom. The number of pyridine rings is 1. The van der Waals surface area contributed by atoms with Crippen molar-refractivity contribution >= 4 is 43.9 Å². The van der Waals surface area contributed by atoms with Gasteiger partial charge < -0.3 is 8.83 Å². The van der Waals surface area contributed by atoms with E-state index in [0.717, 1.165) is 33.2 Å². The summed E-state index contributed by atoms with van der Waals surface area (Å²) in [5.74, 6) is 0. The Morgan fingerprint density at radius 1 is 0.882 bits per heavy atom. The molecule has 0 amide bonds. The van der Waals surface area contributed by atoms with Gasteiger partial charge >= 0.3 is 0 Å². The largest absolute Gasteiger partial charge is 0.452 e. The molecule has 0 bridgehead atoms. The second kappa shape index (κ2) is 7.20. The topological polar surface area (TPSA) is 30.2 Å². The molecule has 0 aliphatic heterocycles. The lowest BCUT2D eigenvalue weighted by Crippen LogP contribution is -2.31. The van der Waals surface area contributed by atoms with E-state index in [2.05, 4.69) is 0 Å². The molecule has 3 nitrogen and oxygen atoms in total. The minimum atomic E-state index is -2.37. The van der Waals surface area contributed by atoms with Crippen LogP contribution in [0.4, 0.5) is 0 Å². The van der Waals surface area contributed by atoms with Gasteiger partial charge in [-0.15, -0.1) is 0 Å². The molecule has 0 aliphatic rings. The number of hydrogen-bond donors (Lipinski definition) is 0. The molecule has 3 heterocycles. The number of benzene rings is 3. The number of furan rings is 2. The first-order valence-electron chi connectivity index (χ1n) is 14.0. The number of para-hydroxylation sites is 1. The number of aryl methyl sites for hydroxylation is 3. The Morgan fingerprint density at radius 2 is 1.65 bits per heavy atom. The van der Waals surface area contributed by atoms with Gasteiger partial charge in [0.25, 0.3) is 0 Å². The molecular weight excluding hydrogens is 418 g/mol. The van der Waals surface area contributed by atoms with Crippen molar-refractivity contribution in [2.45, 2.75) is 40.9 Å². The van der Waals surface area contributed by atoms with Gasteiger partial charge in [0.15, 0.2) is 17.4 Å². The third-order valence-electron chi connectivity index (χ3n) is 6.38. The molecule has 0 saturated carbocycles. The lowest BCUT2D eigenvalue weighted by Gasteiger charge is -2.18. The van der Waals surface area contributed by atoms with E-state index >= 15 is 0 Å². The van der Waals surface area contributed by atoms with Crippen LogP contribution >= 0.6 is 0 Å². The van der Waals surface area contributed by atoms with Crippen LogP contribution in [-0.4, -0.2) is 0 Å². The molecule has 0 N–H and O–H groups in total. The van der Waals surface area contributed by atoms with Gasteiger partial charge in [-0.3, -0.25) is 0 Å². The summed E-state index contributed by atoms with van der Waals surface area (Å²) in [6.45, 7) is 5.15. The highest BCUT2D eigenvalue weighted by Gasteiger charge is 2.25. The van der Waals surface area contributed by atoms with Gasteiger partial charge in [-0.1, -0.05) is 45.0 Å². The number of hydrogen-bond acceptors (Lipinski definition) is 2. The zero-order chi connectivity index (χ0) is 28.1. The predicted molar refractivity (Wildman–Crippen MR) is 140 cm³/mol. The SMILES string of the molecule is [2H]C([2H])([2H])c1cc(C)c(-c2cc(C([2H])([2H])C(C)(C)C)cc[n+]2C)c2oc3c(ccc4c5ccccc5oc43)c12. The fourth-order valence-corrected chi connectivity index (χ4v) is 4.97. The molecule has 170 valence electrons. The molecule has 0 radical (unpaired) electrons. The van der Waals surface area contributed by atoms with E-state index in [1.165, 1.54) is 0 Å². The molecule has 0 spiro atoms. The Balaban J connectivity index is 1.76. The second-order valence-electron chi connectivity index (χ2n) is 10.1. The molecule has 3 aromatic carbocycles. The van der Waals surface area contributed by atoms with Gasteiger partial charge in [-0.2, -0.15) is 0 Å². The molecular formula is C31H30NO2+. The quantitative estimate of drug-likeness (QED) is 0.247. The summed E-state index contributed by atoms with van der Waals surface area (Å²) >= 11 is 0. The van der Waals surface area contributed by atoms with Gasteiger partial charge in [0.2, 0.25) is 5.69 Å². The summed E-state index contributed by atoms with van der Waals surface area (Å²) in [7, 11) is 1.90. The normalized spacial score (nSPS) is 15.5.